The maximum absolute atomic E-state index is 13.7. The molecule has 1 fully saturated rings. The van der Waals surface area contributed by atoms with Gasteiger partial charge in [-0.05, 0) is 24.3 Å². The Bertz CT molecular complexity index is 1640. The minimum absolute atomic E-state index is 0.151. The van der Waals surface area contributed by atoms with Crippen LogP contribution in [0.15, 0.2) is 58.4 Å². The van der Waals surface area contributed by atoms with Crippen LogP contribution >= 0.6 is 23.1 Å². The maximum Gasteiger partial charge on any atom is 0.418 e. The monoisotopic (exact) mass is 615 g/mol. The number of imide groups is 1. The molecule has 2 atom stereocenters. The van der Waals surface area contributed by atoms with Gasteiger partial charge in [0.1, 0.15) is 11.8 Å². The largest absolute Gasteiger partial charge is 0.418 e. The van der Waals surface area contributed by atoms with Crippen LogP contribution in [0.5, 0.6) is 0 Å². The SMILES string of the molecule is CC1(C)c2sc(=O)n(CC(=O)Nc3ccccc3C(F)(F)F)c2SC2C(=O)N(c3ccccc3C(F)(F)F)C(=O)C21. The third-order valence-corrected chi connectivity index (χ3v) is 9.79. The van der Waals surface area contributed by atoms with Crippen LogP contribution in [0.3, 0.4) is 0 Å². The van der Waals surface area contributed by atoms with Crippen LogP contribution in [-0.4, -0.2) is 27.5 Å². The summed E-state index contributed by atoms with van der Waals surface area (Å²) in [7, 11) is 0. The topological polar surface area (TPSA) is 88.5 Å². The van der Waals surface area contributed by atoms with Crippen LogP contribution in [0.1, 0.15) is 29.9 Å². The van der Waals surface area contributed by atoms with Crippen molar-refractivity contribution in [2.45, 2.75) is 48.4 Å². The fraction of sp³-hybridized carbons (Fsp3) is 0.308. The Labute approximate surface area is 236 Å². The van der Waals surface area contributed by atoms with E-state index in [1.54, 1.807) is 13.8 Å². The smallest absolute Gasteiger partial charge is 0.324 e. The van der Waals surface area contributed by atoms with Crippen LogP contribution in [0.4, 0.5) is 37.7 Å². The standard InChI is InChI=1S/C26H19F6N3O4S2/c1-24(2)17-18(21(38)35(20(17)37)15-10-6-4-8-13(15)26(30,31)32)40-22-19(24)41-23(39)34(22)11-16(36)33-14-9-5-3-7-12(14)25(27,28)29/h3-10,17-18H,11H2,1-2H3,(H,33,36). The average Bonchev–Trinajstić information content (AvgIpc) is 3.32. The van der Waals surface area contributed by atoms with E-state index < -0.39 is 80.6 Å². The first-order valence-electron chi connectivity index (χ1n) is 11.9. The molecule has 216 valence electrons. The molecule has 41 heavy (non-hydrogen) atoms. The molecule has 1 aromatic heterocycles. The number of carbonyl (C=O) groups excluding carboxylic acids is 3. The van der Waals surface area contributed by atoms with Gasteiger partial charge in [0.05, 0.1) is 33.4 Å². The summed E-state index contributed by atoms with van der Waals surface area (Å²) in [5.74, 6) is -3.82. The highest BCUT2D eigenvalue weighted by molar-refractivity contribution is 8.00. The number of thiazole rings is 1. The molecule has 7 nitrogen and oxygen atoms in total. The van der Waals surface area contributed by atoms with E-state index in [1.165, 1.54) is 12.1 Å². The average molecular weight is 616 g/mol. The Morgan fingerprint density at radius 1 is 0.902 bits per heavy atom. The molecule has 2 aliphatic heterocycles. The van der Waals surface area contributed by atoms with Gasteiger partial charge in [-0.25, -0.2) is 4.90 Å². The van der Waals surface area contributed by atoms with E-state index in [0.717, 1.165) is 52.7 Å². The fourth-order valence-corrected chi connectivity index (χ4v) is 8.12. The van der Waals surface area contributed by atoms with Crippen LogP contribution in [0.25, 0.3) is 0 Å². The number of aromatic nitrogens is 1. The molecule has 0 bridgehead atoms. The molecular formula is C26H19F6N3O4S2. The van der Waals surface area contributed by atoms with Gasteiger partial charge in [-0.1, -0.05) is 61.2 Å². The van der Waals surface area contributed by atoms with Gasteiger partial charge >= 0.3 is 17.2 Å². The normalized spacial score (nSPS) is 20.1. The van der Waals surface area contributed by atoms with Gasteiger partial charge in [-0.2, -0.15) is 26.3 Å². The summed E-state index contributed by atoms with van der Waals surface area (Å²) >= 11 is 1.48. The number of para-hydroxylation sites is 2. The van der Waals surface area contributed by atoms with E-state index in [4.69, 9.17) is 0 Å². The van der Waals surface area contributed by atoms with Crippen molar-refractivity contribution in [2.75, 3.05) is 10.2 Å². The van der Waals surface area contributed by atoms with Gasteiger partial charge in [0.2, 0.25) is 17.7 Å². The molecule has 1 N–H and O–H groups in total. The Morgan fingerprint density at radius 2 is 1.49 bits per heavy atom. The predicted octanol–water partition coefficient (Wildman–Crippen LogP) is 5.53. The Morgan fingerprint density at radius 3 is 2.12 bits per heavy atom. The van der Waals surface area contributed by atoms with Crippen LogP contribution in [-0.2, 0) is 38.7 Å². The molecule has 2 aromatic carbocycles. The number of nitrogens with one attached hydrogen (secondary N) is 1. The summed E-state index contributed by atoms with van der Waals surface area (Å²) < 4.78 is 82.2. The van der Waals surface area contributed by atoms with E-state index in [2.05, 4.69) is 5.32 Å². The lowest BCUT2D eigenvalue weighted by molar-refractivity contribution is -0.138. The van der Waals surface area contributed by atoms with E-state index >= 15 is 0 Å². The Kier molecular flexibility index (Phi) is 6.88. The van der Waals surface area contributed by atoms with Gasteiger partial charge in [0.15, 0.2) is 0 Å². The number of amides is 3. The molecule has 3 heterocycles. The summed E-state index contributed by atoms with van der Waals surface area (Å²) in [6.07, 6.45) is -9.59. The number of alkyl halides is 6. The van der Waals surface area contributed by atoms with E-state index in [-0.39, 0.29) is 5.03 Å². The summed E-state index contributed by atoms with van der Waals surface area (Å²) in [6.45, 7) is 2.46. The number of fused-ring (bicyclic) bond motifs is 2. The molecular weight excluding hydrogens is 596 g/mol. The molecule has 5 rings (SSSR count). The van der Waals surface area contributed by atoms with Gasteiger partial charge in [-0.15, -0.1) is 0 Å². The first kappa shape index (κ1) is 28.9. The van der Waals surface area contributed by atoms with Gasteiger partial charge in [0.25, 0.3) is 0 Å². The number of carbonyl (C=O) groups is 3. The number of nitrogens with zero attached hydrogens (tertiary/aromatic N) is 2. The van der Waals surface area contributed by atoms with Gasteiger partial charge in [0, 0.05) is 10.3 Å². The second-order valence-electron chi connectivity index (χ2n) is 9.94. The van der Waals surface area contributed by atoms with Crippen molar-refractivity contribution in [1.82, 2.24) is 4.57 Å². The number of hydrogen-bond donors (Lipinski definition) is 1. The highest BCUT2D eigenvalue weighted by Gasteiger charge is 2.60. The number of benzene rings is 2. The summed E-state index contributed by atoms with van der Waals surface area (Å²) in [4.78, 5) is 53.0. The zero-order chi connectivity index (χ0) is 30.1. The summed E-state index contributed by atoms with van der Waals surface area (Å²) in [5, 5.41) is 1.10. The number of thioether (sulfide) groups is 1. The van der Waals surface area contributed by atoms with E-state index in [1.807, 2.05) is 0 Å². The third kappa shape index (κ3) is 4.84. The maximum atomic E-state index is 13.7. The number of anilines is 2. The van der Waals surface area contributed by atoms with Crippen molar-refractivity contribution in [3.8, 4) is 0 Å². The molecule has 2 aliphatic rings. The molecule has 2 unspecified atom stereocenters. The first-order valence-corrected chi connectivity index (χ1v) is 13.6. The molecule has 0 radical (unpaired) electrons. The minimum Gasteiger partial charge on any atom is -0.324 e. The molecule has 0 saturated carbocycles. The van der Waals surface area contributed by atoms with Crippen molar-refractivity contribution >= 4 is 52.2 Å². The quantitative estimate of drug-likeness (QED) is 0.308. The van der Waals surface area contributed by atoms with E-state index in [0.29, 0.717) is 21.1 Å². The second kappa shape index (κ2) is 9.76. The van der Waals surface area contributed by atoms with Crippen molar-refractivity contribution in [3.05, 3.63) is 74.2 Å². The number of hydrogen-bond acceptors (Lipinski definition) is 6. The Hall–Kier alpha value is -3.59. The van der Waals surface area contributed by atoms with E-state index in [9.17, 15) is 45.5 Å². The van der Waals surface area contributed by atoms with Crippen molar-refractivity contribution in [2.24, 2.45) is 5.92 Å². The van der Waals surface area contributed by atoms with Crippen LogP contribution < -0.4 is 15.1 Å². The van der Waals surface area contributed by atoms with Crippen molar-refractivity contribution < 1.29 is 40.7 Å². The van der Waals surface area contributed by atoms with Crippen molar-refractivity contribution in [1.29, 1.82) is 0 Å². The zero-order valence-electron chi connectivity index (χ0n) is 21.1. The van der Waals surface area contributed by atoms with Crippen LogP contribution in [0.2, 0.25) is 0 Å². The zero-order valence-corrected chi connectivity index (χ0v) is 22.7. The third-order valence-electron chi connectivity index (χ3n) is 6.96. The van der Waals surface area contributed by atoms with Crippen LogP contribution in [0, 0.1) is 5.92 Å². The lowest BCUT2D eigenvalue weighted by atomic mass is 9.76. The summed E-state index contributed by atoms with van der Waals surface area (Å²) in [5.41, 5.74) is -4.56. The molecule has 0 aliphatic carbocycles. The molecule has 3 amide bonds. The lowest BCUT2D eigenvalue weighted by Gasteiger charge is -2.36. The second-order valence-corrected chi connectivity index (χ2v) is 12.0. The predicted molar refractivity (Wildman–Crippen MR) is 139 cm³/mol. The molecule has 1 saturated heterocycles. The molecule has 0 spiro atoms. The first-order chi connectivity index (χ1) is 19.0. The Balaban J connectivity index is 1.49. The summed E-state index contributed by atoms with van der Waals surface area (Å²) in [6, 6.07) is 8.51. The fourth-order valence-electron chi connectivity index (χ4n) is 5.08. The van der Waals surface area contributed by atoms with Crippen molar-refractivity contribution in [3.63, 3.8) is 0 Å². The number of halogens is 6. The molecule has 15 heteroatoms. The highest BCUT2D eigenvalue weighted by Crippen LogP contribution is 2.55. The molecule has 3 aromatic rings. The van der Waals surface area contributed by atoms with Gasteiger partial charge < -0.3 is 5.32 Å². The lowest BCUT2D eigenvalue weighted by Crippen LogP contribution is -2.42. The number of rotatable bonds is 4. The minimum atomic E-state index is -4.84. The highest BCUT2D eigenvalue weighted by atomic mass is 32.2. The van der Waals surface area contributed by atoms with Gasteiger partial charge in [-0.3, -0.25) is 23.7 Å².